The molecule has 0 atom stereocenters. The third-order valence-electron chi connectivity index (χ3n) is 13.7. The highest BCUT2D eigenvalue weighted by Gasteiger charge is 2.35. The van der Waals surface area contributed by atoms with E-state index in [1.807, 2.05) is 0 Å². The summed E-state index contributed by atoms with van der Waals surface area (Å²) >= 11 is 0. The van der Waals surface area contributed by atoms with Crippen LogP contribution in [-0.2, 0) is 103 Å². The van der Waals surface area contributed by atoms with Crippen LogP contribution in [0, 0.1) is 23.7 Å². The standard InChI is InChI=1S/C64H72O24/c1-4-53(65)77-33-7-8-34-84-64(76)51-41-50(87-62(74)46-15-13-44(14-16-46)60(72)85-48-21-9-42(10-22-48)31-35-78-56(68)27-29-58(70)82-39-37-80-54(66)5-2)25-26-52(51)88-63(75)47-19-17-45(18-20-47)61(73)86-49-23-11-43(12-24-49)32-36-79-57(69)28-30-59(71)83-40-38-81-55(67)6-3/h4-6,9-12,21-26,41,44-47H,1-3,7-8,13-20,27-40H2. The molecule has 24 nitrogen and oxygen atoms in total. The molecule has 0 spiro atoms. The molecular weight excluding hydrogens is 1150 g/mol. The number of unbranched alkanes of at least 4 members (excludes halogenated alkanes) is 1. The van der Waals surface area contributed by atoms with Crippen LogP contribution in [0.25, 0.3) is 0 Å². The van der Waals surface area contributed by atoms with Crippen molar-refractivity contribution in [3.05, 3.63) is 121 Å². The summed E-state index contributed by atoms with van der Waals surface area (Å²) in [6, 6.07) is 17.2. The second-order valence-electron chi connectivity index (χ2n) is 20.1. The number of rotatable bonds is 35. The lowest BCUT2D eigenvalue weighted by Gasteiger charge is -2.26. The molecule has 0 unspecified atom stereocenters. The van der Waals surface area contributed by atoms with Gasteiger partial charge in [0.15, 0.2) is 0 Å². The quantitative estimate of drug-likeness (QED) is 0.0184. The van der Waals surface area contributed by atoms with Crippen LogP contribution in [0.2, 0.25) is 0 Å². The van der Waals surface area contributed by atoms with E-state index >= 15 is 0 Å². The van der Waals surface area contributed by atoms with E-state index in [1.54, 1.807) is 48.5 Å². The zero-order valence-electron chi connectivity index (χ0n) is 48.8. The average Bonchev–Trinajstić information content (AvgIpc) is 2.32. The van der Waals surface area contributed by atoms with E-state index < -0.39 is 95.3 Å². The lowest BCUT2D eigenvalue weighted by molar-refractivity contribution is -0.152. The van der Waals surface area contributed by atoms with Crippen LogP contribution in [0.5, 0.6) is 23.0 Å². The first-order chi connectivity index (χ1) is 42.4. The average molecular weight is 1230 g/mol. The van der Waals surface area contributed by atoms with Gasteiger partial charge in [0.05, 0.1) is 75.8 Å². The zero-order valence-corrected chi connectivity index (χ0v) is 48.8. The van der Waals surface area contributed by atoms with Crippen LogP contribution < -0.4 is 18.9 Å². The third kappa shape index (κ3) is 25.6. The molecule has 472 valence electrons. The Bertz CT molecular complexity index is 2930. The van der Waals surface area contributed by atoms with Crippen LogP contribution in [0.3, 0.4) is 0 Å². The molecule has 24 heteroatoms. The highest BCUT2D eigenvalue weighted by molar-refractivity contribution is 5.94. The topological polar surface area (TPSA) is 316 Å². The molecule has 2 aliphatic rings. The summed E-state index contributed by atoms with van der Waals surface area (Å²) in [6.07, 6.45) is 6.03. The van der Waals surface area contributed by atoms with Crippen LogP contribution in [0.15, 0.2) is 105 Å². The number of hydrogen-bond acceptors (Lipinski definition) is 24. The highest BCUT2D eigenvalue weighted by atomic mass is 16.6. The summed E-state index contributed by atoms with van der Waals surface area (Å²) in [4.78, 5) is 148. The van der Waals surface area contributed by atoms with Gasteiger partial charge in [-0.3, -0.25) is 38.4 Å². The Morgan fingerprint density at radius 1 is 0.352 bits per heavy atom. The first-order valence-electron chi connectivity index (χ1n) is 28.8. The first-order valence-corrected chi connectivity index (χ1v) is 28.8. The molecule has 0 aromatic heterocycles. The van der Waals surface area contributed by atoms with Crippen molar-refractivity contribution in [1.82, 2.24) is 0 Å². The van der Waals surface area contributed by atoms with Gasteiger partial charge in [-0.25, -0.2) is 19.2 Å². The van der Waals surface area contributed by atoms with Crippen molar-refractivity contribution in [2.75, 3.05) is 52.9 Å². The predicted molar refractivity (Wildman–Crippen MR) is 305 cm³/mol. The van der Waals surface area contributed by atoms with Crippen molar-refractivity contribution < 1.29 is 114 Å². The molecule has 0 heterocycles. The maximum Gasteiger partial charge on any atom is 0.342 e. The van der Waals surface area contributed by atoms with Crippen molar-refractivity contribution in [2.24, 2.45) is 23.7 Å². The molecule has 0 aliphatic heterocycles. The van der Waals surface area contributed by atoms with Crippen LogP contribution >= 0.6 is 0 Å². The fraction of sp³-hybridized carbons (Fsp3) is 0.438. The number of hydrogen-bond donors (Lipinski definition) is 0. The van der Waals surface area contributed by atoms with Crippen molar-refractivity contribution in [3.8, 4) is 23.0 Å². The van der Waals surface area contributed by atoms with Crippen molar-refractivity contribution in [2.45, 2.75) is 103 Å². The van der Waals surface area contributed by atoms with E-state index in [4.69, 9.17) is 56.8 Å². The van der Waals surface area contributed by atoms with Crippen LogP contribution in [-0.4, -0.2) is 124 Å². The van der Waals surface area contributed by atoms with Gasteiger partial charge in [0.25, 0.3) is 0 Å². The van der Waals surface area contributed by atoms with Gasteiger partial charge >= 0.3 is 71.6 Å². The molecule has 2 fully saturated rings. The minimum Gasteiger partial charge on any atom is -0.465 e. The van der Waals surface area contributed by atoms with Gasteiger partial charge in [0, 0.05) is 31.1 Å². The minimum absolute atomic E-state index is 0.0236. The van der Waals surface area contributed by atoms with Gasteiger partial charge in [-0.15, -0.1) is 0 Å². The van der Waals surface area contributed by atoms with Crippen molar-refractivity contribution in [3.63, 3.8) is 0 Å². The van der Waals surface area contributed by atoms with Gasteiger partial charge in [-0.05, 0) is 118 Å². The van der Waals surface area contributed by atoms with Gasteiger partial charge in [0.2, 0.25) is 0 Å². The van der Waals surface area contributed by atoms with Crippen molar-refractivity contribution in [1.29, 1.82) is 0 Å². The molecule has 0 bridgehead atoms. The molecule has 3 aromatic rings. The molecule has 3 aromatic carbocycles. The Labute approximate surface area is 508 Å². The number of carbonyl (C=O) groups is 12. The Morgan fingerprint density at radius 2 is 0.659 bits per heavy atom. The monoisotopic (exact) mass is 1220 g/mol. The SMILES string of the molecule is C=CC(=O)OCCCCOC(=O)c1cc(OC(=O)C2CCC(C(=O)Oc3ccc(CCOC(=O)CCC(=O)OCCOC(=O)C=C)cc3)CC2)ccc1OC(=O)C1CCC(C(=O)Oc2ccc(CCOC(=O)CCC(=O)OCCOC(=O)C=C)cc2)CC1. The Morgan fingerprint density at radius 3 is 1.03 bits per heavy atom. The predicted octanol–water partition coefficient (Wildman–Crippen LogP) is 7.26. The van der Waals surface area contributed by atoms with E-state index in [-0.39, 0.29) is 108 Å². The maximum absolute atomic E-state index is 13.6. The zero-order chi connectivity index (χ0) is 63.6. The van der Waals surface area contributed by atoms with Gasteiger partial charge in [-0.2, -0.15) is 0 Å². The van der Waals surface area contributed by atoms with Gasteiger partial charge in [0.1, 0.15) is 55.0 Å². The molecule has 88 heavy (non-hydrogen) atoms. The Balaban J connectivity index is 1.04. The summed E-state index contributed by atoms with van der Waals surface area (Å²) in [5, 5.41) is 0. The summed E-state index contributed by atoms with van der Waals surface area (Å²) < 4.78 is 62.9. The molecule has 2 aliphatic carbocycles. The van der Waals surface area contributed by atoms with E-state index in [1.165, 1.54) is 18.2 Å². The number of ether oxygens (including phenoxy) is 12. The maximum atomic E-state index is 13.6. The third-order valence-corrected chi connectivity index (χ3v) is 13.7. The summed E-state index contributed by atoms with van der Waals surface area (Å²) in [6.45, 7) is 9.33. The Hall–Kier alpha value is -9.48. The molecule has 0 amide bonds. The summed E-state index contributed by atoms with van der Waals surface area (Å²) in [7, 11) is 0. The molecule has 0 N–H and O–H groups in total. The normalized spacial score (nSPS) is 15.9. The first kappa shape index (κ1) is 69.3. The number of esters is 12. The molecule has 0 radical (unpaired) electrons. The smallest absolute Gasteiger partial charge is 0.342 e. The minimum atomic E-state index is -0.879. The Kier molecular flexibility index (Phi) is 29.8. The summed E-state index contributed by atoms with van der Waals surface area (Å²) in [5.74, 6) is -9.26. The van der Waals surface area contributed by atoms with Crippen molar-refractivity contribution >= 4 is 71.6 Å². The lowest BCUT2D eigenvalue weighted by Crippen LogP contribution is -2.31. The summed E-state index contributed by atoms with van der Waals surface area (Å²) in [5.41, 5.74) is 1.39. The fourth-order valence-electron chi connectivity index (χ4n) is 8.84. The second-order valence-corrected chi connectivity index (χ2v) is 20.1. The molecule has 2 saturated carbocycles. The number of benzene rings is 3. The van der Waals surface area contributed by atoms with Gasteiger partial charge in [-0.1, -0.05) is 44.0 Å². The number of carbonyl (C=O) groups excluding carboxylic acids is 12. The lowest BCUT2D eigenvalue weighted by atomic mass is 9.82. The van der Waals surface area contributed by atoms with E-state index in [0.717, 1.165) is 29.4 Å². The van der Waals surface area contributed by atoms with Gasteiger partial charge < -0.3 is 56.8 Å². The van der Waals surface area contributed by atoms with E-state index in [0.29, 0.717) is 75.7 Å². The largest absolute Gasteiger partial charge is 0.465 e. The van der Waals surface area contributed by atoms with Crippen LogP contribution in [0.4, 0.5) is 0 Å². The van der Waals surface area contributed by atoms with E-state index in [9.17, 15) is 57.5 Å². The second kappa shape index (κ2) is 37.8. The molecule has 5 rings (SSSR count). The van der Waals surface area contributed by atoms with E-state index in [2.05, 4.69) is 19.7 Å². The highest BCUT2D eigenvalue weighted by Crippen LogP contribution is 2.35. The molecular formula is C64H72O24. The van der Waals surface area contributed by atoms with Crippen LogP contribution in [0.1, 0.15) is 111 Å². The fourth-order valence-corrected chi connectivity index (χ4v) is 8.84. The molecule has 0 saturated heterocycles.